The first-order valence-corrected chi connectivity index (χ1v) is 10.9. The first-order chi connectivity index (χ1) is 14.9. The van der Waals surface area contributed by atoms with Gasteiger partial charge in [-0.25, -0.2) is 9.07 Å². The second-order valence-electron chi connectivity index (χ2n) is 7.81. The smallest absolute Gasteiger partial charge is 0.290 e. The summed E-state index contributed by atoms with van der Waals surface area (Å²) < 4.78 is 22.0. The van der Waals surface area contributed by atoms with Gasteiger partial charge < -0.3 is 4.74 Å². The monoisotopic (exact) mass is 463 g/mol. The number of methoxy groups -OCH3 is 1. The number of ether oxygens (including phenoxy) is 1. The fourth-order valence-electron chi connectivity index (χ4n) is 4.30. The van der Waals surface area contributed by atoms with Crippen LogP contribution in [-0.2, 0) is 13.6 Å². The van der Waals surface area contributed by atoms with E-state index in [1.807, 2.05) is 18.2 Å². The van der Waals surface area contributed by atoms with Crippen LogP contribution in [0.1, 0.15) is 30.0 Å². The van der Waals surface area contributed by atoms with Crippen LogP contribution in [0, 0.1) is 5.82 Å². The number of nitrogens with zero attached hydrogens (tertiary/aromatic N) is 3. The minimum Gasteiger partial charge on any atom is -0.496 e. The maximum Gasteiger partial charge on any atom is 0.290 e. The molecule has 0 atom stereocenters. The maximum atomic E-state index is 13.3. The van der Waals surface area contributed by atoms with Crippen molar-refractivity contribution in [2.75, 3.05) is 20.2 Å². The van der Waals surface area contributed by atoms with Crippen LogP contribution < -0.4 is 10.3 Å². The van der Waals surface area contributed by atoms with Crippen molar-refractivity contribution in [1.82, 2.24) is 14.3 Å². The number of piperidine rings is 1. The summed E-state index contributed by atoms with van der Waals surface area (Å²) >= 11 is 12.6. The van der Waals surface area contributed by atoms with Gasteiger partial charge in [-0.05, 0) is 79.9 Å². The van der Waals surface area contributed by atoms with Gasteiger partial charge in [0.15, 0.2) is 0 Å². The number of halogens is 3. The van der Waals surface area contributed by atoms with Gasteiger partial charge in [0.1, 0.15) is 16.6 Å². The van der Waals surface area contributed by atoms with Gasteiger partial charge in [0.2, 0.25) is 0 Å². The van der Waals surface area contributed by atoms with Crippen LogP contribution in [0.25, 0.3) is 5.69 Å². The molecule has 31 heavy (non-hydrogen) atoms. The highest BCUT2D eigenvalue weighted by Gasteiger charge is 2.26. The third kappa shape index (κ3) is 4.38. The lowest BCUT2D eigenvalue weighted by molar-refractivity contribution is 0.198. The first-order valence-electron chi connectivity index (χ1n) is 10.2. The summed E-state index contributed by atoms with van der Waals surface area (Å²) in [6, 6.07) is 11.5. The van der Waals surface area contributed by atoms with Gasteiger partial charge >= 0.3 is 0 Å². The Hall–Kier alpha value is -2.28. The van der Waals surface area contributed by atoms with Crippen LogP contribution in [0.3, 0.4) is 0 Å². The van der Waals surface area contributed by atoms with Crippen LogP contribution in [0.5, 0.6) is 5.75 Å². The Morgan fingerprint density at radius 3 is 2.42 bits per heavy atom. The number of hydrogen-bond donors (Lipinski definition) is 0. The Labute approximate surface area is 190 Å². The van der Waals surface area contributed by atoms with Gasteiger partial charge in [-0.1, -0.05) is 23.2 Å². The molecule has 1 fully saturated rings. The van der Waals surface area contributed by atoms with Crippen molar-refractivity contribution < 1.29 is 9.13 Å². The zero-order valence-electron chi connectivity index (χ0n) is 17.4. The third-order valence-electron chi connectivity index (χ3n) is 5.99. The highest BCUT2D eigenvalue weighted by atomic mass is 35.5. The van der Waals surface area contributed by atoms with Crippen molar-refractivity contribution >= 4 is 23.2 Å². The summed E-state index contributed by atoms with van der Waals surface area (Å²) in [5.74, 6) is 0.884. The molecule has 0 radical (unpaired) electrons. The van der Waals surface area contributed by atoms with Crippen molar-refractivity contribution in [2.24, 2.45) is 7.05 Å². The fourth-order valence-corrected chi connectivity index (χ4v) is 4.74. The molecule has 0 bridgehead atoms. The van der Waals surface area contributed by atoms with E-state index in [0.717, 1.165) is 42.9 Å². The van der Waals surface area contributed by atoms with Crippen LogP contribution in [0.15, 0.2) is 47.3 Å². The Bertz CT molecular complexity index is 1130. The van der Waals surface area contributed by atoms with Crippen molar-refractivity contribution in [3.63, 3.8) is 0 Å². The predicted octanol–water partition coefficient (Wildman–Crippen LogP) is 5.01. The van der Waals surface area contributed by atoms with E-state index >= 15 is 0 Å². The predicted molar refractivity (Wildman–Crippen MR) is 121 cm³/mol. The Kier molecular flexibility index (Phi) is 6.42. The zero-order valence-corrected chi connectivity index (χ0v) is 19.0. The molecule has 0 aliphatic carbocycles. The van der Waals surface area contributed by atoms with Crippen molar-refractivity contribution in [2.45, 2.75) is 25.3 Å². The van der Waals surface area contributed by atoms with Crippen molar-refractivity contribution in [3.8, 4) is 11.4 Å². The molecule has 5 nitrogen and oxygen atoms in total. The average Bonchev–Trinajstić information content (AvgIpc) is 2.98. The Morgan fingerprint density at radius 2 is 1.77 bits per heavy atom. The fraction of sp³-hybridized carbons (Fsp3) is 0.348. The minimum absolute atomic E-state index is 0.199. The third-order valence-corrected chi connectivity index (χ3v) is 6.60. The lowest BCUT2D eigenvalue weighted by atomic mass is 9.88. The molecule has 164 valence electrons. The van der Waals surface area contributed by atoms with Gasteiger partial charge in [0, 0.05) is 18.6 Å². The second-order valence-corrected chi connectivity index (χ2v) is 8.63. The molecular formula is C23H24Cl2FN3O2. The van der Waals surface area contributed by atoms with Crippen LogP contribution in [0.2, 0.25) is 10.0 Å². The molecule has 1 saturated heterocycles. The quantitative estimate of drug-likeness (QED) is 0.533. The molecule has 0 amide bonds. The molecule has 0 saturated carbocycles. The topological polar surface area (TPSA) is 39.4 Å². The normalized spacial score (nSPS) is 15.4. The Balaban J connectivity index is 1.51. The standard InChI is InChI=1S/C23H24Cl2FN3O2/c1-27-20(22(25)23(30)29(27)18-6-4-17(26)5-7-18)14-28-11-9-15(10-12-28)19-13-16(24)3-8-21(19)31-2/h3-8,13,15H,9-12,14H2,1-2H3. The summed E-state index contributed by atoms with van der Waals surface area (Å²) in [5.41, 5.74) is 2.16. The maximum absolute atomic E-state index is 13.3. The lowest BCUT2D eigenvalue weighted by Crippen LogP contribution is -2.33. The van der Waals surface area contributed by atoms with E-state index in [1.165, 1.54) is 16.8 Å². The zero-order chi connectivity index (χ0) is 22.1. The van der Waals surface area contributed by atoms with E-state index in [-0.39, 0.29) is 16.4 Å². The van der Waals surface area contributed by atoms with E-state index in [9.17, 15) is 9.18 Å². The molecule has 3 aromatic rings. The SMILES string of the molecule is COc1ccc(Cl)cc1C1CCN(Cc2c(Cl)c(=O)n(-c3ccc(F)cc3)n2C)CC1. The molecule has 1 aromatic heterocycles. The van der Waals surface area contributed by atoms with Gasteiger partial charge in [-0.15, -0.1) is 0 Å². The molecule has 0 N–H and O–H groups in total. The number of aromatic nitrogens is 2. The van der Waals surface area contributed by atoms with E-state index in [2.05, 4.69) is 4.90 Å². The van der Waals surface area contributed by atoms with Gasteiger partial charge in [0.25, 0.3) is 5.56 Å². The summed E-state index contributed by atoms with van der Waals surface area (Å²) in [6.45, 7) is 2.30. The second kappa shape index (κ2) is 9.07. The number of likely N-dealkylation sites (tertiary alicyclic amines) is 1. The molecule has 1 aliphatic rings. The van der Waals surface area contributed by atoms with Gasteiger partial charge in [-0.3, -0.25) is 14.4 Å². The van der Waals surface area contributed by atoms with Crippen molar-refractivity contribution in [1.29, 1.82) is 0 Å². The summed E-state index contributed by atoms with van der Waals surface area (Å²) in [5, 5.41) is 0.910. The lowest BCUT2D eigenvalue weighted by Gasteiger charge is -2.32. The molecule has 8 heteroatoms. The van der Waals surface area contributed by atoms with E-state index < -0.39 is 0 Å². The highest BCUT2D eigenvalue weighted by molar-refractivity contribution is 6.31. The average molecular weight is 464 g/mol. The van der Waals surface area contributed by atoms with E-state index in [4.69, 9.17) is 27.9 Å². The molecule has 2 heterocycles. The van der Waals surface area contributed by atoms with Gasteiger partial charge in [-0.2, -0.15) is 0 Å². The molecule has 0 unspecified atom stereocenters. The van der Waals surface area contributed by atoms with Crippen molar-refractivity contribution in [3.05, 3.63) is 79.9 Å². The van der Waals surface area contributed by atoms with Crippen LogP contribution in [-0.4, -0.2) is 34.5 Å². The first kappa shape index (κ1) is 21.9. The molecular weight excluding hydrogens is 440 g/mol. The molecule has 0 spiro atoms. The Morgan fingerprint density at radius 1 is 1.10 bits per heavy atom. The number of rotatable bonds is 5. The molecule has 4 rings (SSSR count). The van der Waals surface area contributed by atoms with Gasteiger partial charge in [0.05, 0.1) is 18.5 Å². The number of hydrogen-bond acceptors (Lipinski definition) is 3. The highest BCUT2D eigenvalue weighted by Crippen LogP contribution is 2.36. The number of benzene rings is 2. The largest absolute Gasteiger partial charge is 0.496 e. The van der Waals surface area contributed by atoms with E-state index in [1.54, 1.807) is 31.0 Å². The molecule has 2 aromatic carbocycles. The summed E-state index contributed by atoms with van der Waals surface area (Å²) in [4.78, 5) is 15.0. The van der Waals surface area contributed by atoms with Crippen LogP contribution in [0.4, 0.5) is 4.39 Å². The summed E-state index contributed by atoms with van der Waals surface area (Å²) in [6.07, 6.45) is 1.92. The molecule has 1 aliphatic heterocycles. The van der Waals surface area contributed by atoms with Crippen LogP contribution >= 0.6 is 23.2 Å². The minimum atomic E-state index is -0.350. The summed E-state index contributed by atoms with van der Waals surface area (Å²) in [7, 11) is 3.48. The van der Waals surface area contributed by atoms with E-state index in [0.29, 0.717) is 23.2 Å².